The van der Waals surface area contributed by atoms with Crippen molar-refractivity contribution in [2.24, 2.45) is 0 Å². The van der Waals surface area contributed by atoms with Crippen LogP contribution in [0.5, 0.6) is 0 Å². The lowest BCUT2D eigenvalue weighted by Crippen LogP contribution is -2.32. The topological polar surface area (TPSA) is 86.6 Å². The molecule has 3 N–H and O–H groups in total. The number of rotatable bonds is 3. The van der Waals surface area contributed by atoms with Gasteiger partial charge in [0.05, 0.1) is 5.69 Å². The van der Waals surface area contributed by atoms with E-state index in [2.05, 4.69) is 4.72 Å². The summed E-state index contributed by atoms with van der Waals surface area (Å²) in [6.45, 7) is 5.82. The van der Waals surface area contributed by atoms with Crippen LogP contribution in [-0.2, 0) is 15.3 Å². The Morgan fingerprint density at radius 1 is 1.18 bits per heavy atom. The maximum atomic E-state index is 11.4. The third-order valence-electron chi connectivity index (χ3n) is 2.26. The van der Waals surface area contributed by atoms with Gasteiger partial charge in [-0.2, -0.15) is 0 Å². The molecule has 5 nitrogen and oxygen atoms in total. The van der Waals surface area contributed by atoms with E-state index in [9.17, 15) is 8.42 Å². The average Bonchev–Trinajstić information content (AvgIpc) is 2.15. The molecule has 7 heteroatoms. The summed E-state index contributed by atoms with van der Waals surface area (Å²) in [4.78, 5) is 0. The fraction of sp³-hybridized carbons (Fsp3) is 0.400. The van der Waals surface area contributed by atoms with Gasteiger partial charge in [0.1, 0.15) is 0 Å². The molecule has 1 rings (SSSR count). The van der Waals surface area contributed by atoms with Crippen LogP contribution in [-0.4, -0.2) is 24.9 Å². The van der Waals surface area contributed by atoms with Crippen molar-refractivity contribution in [3.05, 3.63) is 29.8 Å². The molecular formula is C10H16BNO4S. The predicted octanol–water partition coefficient (Wildman–Crippen LogP) is 0.695. The molecule has 94 valence electrons. The molecule has 1 aromatic carbocycles. The summed E-state index contributed by atoms with van der Waals surface area (Å²) in [7, 11) is -4.17. The molecule has 0 spiro atoms. The van der Waals surface area contributed by atoms with Crippen LogP contribution in [0.4, 0.5) is 5.69 Å². The first-order valence-corrected chi connectivity index (χ1v) is 6.66. The highest BCUT2D eigenvalue weighted by Crippen LogP contribution is 2.29. The van der Waals surface area contributed by atoms with Crippen LogP contribution in [0, 0.1) is 0 Å². The highest BCUT2D eigenvalue weighted by molar-refractivity contribution is 8.17. The molecule has 0 fully saturated rings. The largest absolute Gasteiger partial charge is 0.620 e. The van der Waals surface area contributed by atoms with Crippen LogP contribution in [0.2, 0.25) is 0 Å². The minimum atomic E-state index is -4.17. The van der Waals surface area contributed by atoms with Crippen molar-refractivity contribution >= 4 is 22.0 Å². The second kappa shape index (κ2) is 4.68. The minimum absolute atomic E-state index is 0.250. The van der Waals surface area contributed by atoms with Gasteiger partial charge in [-0.05, 0) is 17.0 Å². The lowest BCUT2D eigenvalue weighted by Gasteiger charge is -2.23. The van der Waals surface area contributed by atoms with Gasteiger partial charge < -0.3 is 10.0 Å². The van der Waals surface area contributed by atoms with Crippen molar-refractivity contribution in [2.75, 3.05) is 4.72 Å². The van der Waals surface area contributed by atoms with E-state index < -0.39 is 16.3 Å². The standard InChI is InChI=1S/C10H16BNO4S/c1-10(2,3)8-6-4-5-7-9(8)12-17(15,16)11(13)14/h4-7,12-14H,1-3H3. The van der Waals surface area contributed by atoms with Gasteiger partial charge in [-0.3, -0.25) is 4.72 Å². The molecule has 0 bridgehead atoms. The maximum absolute atomic E-state index is 11.4. The lowest BCUT2D eigenvalue weighted by molar-refractivity contribution is 0.428. The Hall–Kier alpha value is -1.05. The highest BCUT2D eigenvalue weighted by Gasteiger charge is 2.30. The molecule has 0 atom stereocenters. The molecule has 1 aromatic rings. The first kappa shape index (κ1) is 14.0. The third-order valence-corrected chi connectivity index (χ3v) is 3.32. The van der Waals surface area contributed by atoms with Crippen molar-refractivity contribution in [1.82, 2.24) is 0 Å². The second-order valence-electron chi connectivity index (χ2n) is 4.77. The van der Waals surface area contributed by atoms with Crippen LogP contribution < -0.4 is 4.72 Å². The van der Waals surface area contributed by atoms with Crippen LogP contribution in [0.25, 0.3) is 0 Å². The second-order valence-corrected chi connectivity index (χ2v) is 6.48. The fourth-order valence-corrected chi connectivity index (χ4v) is 2.02. The first-order chi connectivity index (χ1) is 7.64. The molecular weight excluding hydrogens is 241 g/mol. The van der Waals surface area contributed by atoms with Crippen LogP contribution in [0.1, 0.15) is 26.3 Å². The van der Waals surface area contributed by atoms with Crippen molar-refractivity contribution in [3.8, 4) is 0 Å². The Balaban J connectivity index is 3.17. The first-order valence-electron chi connectivity index (χ1n) is 5.12. The van der Waals surface area contributed by atoms with Crippen LogP contribution in [0.15, 0.2) is 24.3 Å². The van der Waals surface area contributed by atoms with Gasteiger partial charge in [-0.25, -0.2) is 8.42 Å². The molecule has 0 aliphatic heterocycles. The Bertz CT molecular complexity index is 493. The smallest absolute Gasteiger partial charge is 0.413 e. The Morgan fingerprint density at radius 3 is 2.18 bits per heavy atom. The number of hydrogen-bond acceptors (Lipinski definition) is 4. The van der Waals surface area contributed by atoms with Gasteiger partial charge >= 0.3 is 6.40 Å². The number of nitrogens with one attached hydrogen (secondary N) is 1. The van der Waals surface area contributed by atoms with E-state index in [1.54, 1.807) is 24.3 Å². The Morgan fingerprint density at radius 2 is 1.71 bits per heavy atom. The van der Waals surface area contributed by atoms with Gasteiger partial charge in [0.15, 0.2) is 0 Å². The molecule has 0 aliphatic carbocycles. The number of para-hydroxylation sites is 1. The van der Waals surface area contributed by atoms with Crippen LogP contribution in [0.3, 0.4) is 0 Å². The summed E-state index contributed by atoms with van der Waals surface area (Å²) in [5.74, 6) is 0. The van der Waals surface area contributed by atoms with Gasteiger partial charge in [-0.1, -0.05) is 39.0 Å². The van der Waals surface area contributed by atoms with Gasteiger partial charge in [-0.15, -0.1) is 0 Å². The molecule has 0 unspecified atom stereocenters. The van der Waals surface area contributed by atoms with Crippen molar-refractivity contribution in [2.45, 2.75) is 26.2 Å². The SMILES string of the molecule is CC(C)(C)c1ccccc1NS(=O)(=O)B(O)O. The molecule has 0 aliphatic rings. The van der Waals surface area contributed by atoms with Crippen molar-refractivity contribution < 1.29 is 18.5 Å². The van der Waals surface area contributed by atoms with Crippen molar-refractivity contribution in [1.29, 1.82) is 0 Å². The minimum Gasteiger partial charge on any atom is -0.413 e. The molecule has 0 aromatic heterocycles. The van der Waals surface area contributed by atoms with E-state index in [0.29, 0.717) is 5.69 Å². The molecule has 17 heavy (non-hydrogen) atoms. The molecule has 0 saturated heterocycles. The van der Waals surface area contributed by atoms with E-state index in [4.69, 9.17) is 10.0 Å². The summed E-state index contributed by atoms with van der Waals surface area (Å²) >= 11 is 0. The van der Waals surface area contributed by atoms with Gasteiger partial charge in [0.25, 0.3) is 9.87 Å². The molecule has 0 saturated carbocycles. The fourth-order valence-electron chi connectivity index (χ4n) is 1.43. The van der Waals surface area contributed by atoms with Crippen molar-refractivity contribution in [3.63, 3.8) is 0 Å². The van der Waals surface area contributed by atoms with Gasteiger partial charge in [0.2, 0.25) is 0 Å². The third kappa shape index (κ3) is 3.45. The number of hydrogen-bond donors (Lipinski definition) is 3. The quantitative estimate of drug-likeness (QED) is 0.695. The average molecular weight is 257 g/mol. The maximum Gasteiger partial charge on any atom is 0.620 e. The summed E-state index contributed by atoms with van der Waals surface area (Å²) in [6.07, 6.45) is -2.43. The summed E-state index contributed by atoms with van der Waals surface area (Å²) in [6, 6.07) is 6.85. The number of anilines is 1. The summed E-state index contributed by atoms with van der Waals surface area (Å²) in [5, 5.41) is 17.5. The lowest BCUT2D eigenvalue weighted by atomic mass is 9.86. The zero-order chi connectivity index (χ0) is 13.3. The Kier molecular flexibility index (Phi) is 3.86. The van der Waals surface area contributed by atoms with E-state index in [0.717, 1.165) is 5.56 Å². The monoisotopic (exact) mass is 257 g/mol. The molecule has 0 radical (unpaired) electrons. The number of benzene rings is 1. The van der Waals surface area contributed by atoms with Crippen LogP contribution >= 0.6 is 0 Å². The normalized spacial score (nSPS) is 12.3. The highest BCUT2D eigenvalue weighted by atomic mass is 32.2. The van der Waals surface area contributed by atoms with E-state index >= 15 is 0 Å². The van der Waals surface area contributed by atoms with Gasteiger partial charge in [0, 0.05) is 0 Å². The summed E-state index contributed by atoms with van der Waals surface area (Å²) < 4.78 is 24.9. The molecule has 0 amide bonds. The van der Waals surface area contributed by atoms with E-state index in [1.807, 2.05) is 20.8 Å². The predicted molar refractivity (Wildman–Crippen MR) is 67.9 cm³/mol. The van der Waals surface area contributed by atoms with E-state index in [-0.39, 0.29) is 5.41 Å². The van der Waals surface area contributed by atoms with E-state index in [1.165, 1.54) is 0 Å². The zero-order valence-electron chi connectivity index (χ0n) is 10.0. The molecule has 0 heterocycles. The Labute approximate surface area is 102 Å². The summed E-state index contributed by atoms with van der Waals surface area (Å²) in [5.41, 5.74) is 0.886. The zero-order valence-corrected chi connectivity index (χ0v) is 10.8.